The molecule has 0 saturated carbocycles. The van der Waals surface area contributed by atoms with Crippen LogP contribution in [0.15, 0.2) is 115 Å². The standard InChI is InChI=1S/C33H20/c1-3-8-24-16-28(14-12-22(24)6-1)32-20-30-18-26-10-5-11-27(26)19-31(30)21-33(32)29-15-13-23-7-2-4-9-25(23)17-29/h1-4,6-21H. The highest BCUT2D eigenvalue weighted by Crippen LogP contribution is 2.39. The van der Waals surface area contributed by atoms with E-state index in [4.69, 9.17) is 0 Å². The van der Waals surface area contributed by atoms with Crippen LogP contribution in [-0.4, -0.2) is 0 Å². The predicted molar refractivity (Wildman–Crippen MR) is 142 cm³/mol. The first-order valence-electron chi connectivity index (χ1n) is 11.3. The molecule has 0 atom stereocenters. The minimum absolute atomic E-state index is 1.24. The van der Waals surface area contributed by atoms with Crippen LogP contribution >= 0.6 is 0 Å². The SMILES string of the molecule is C1=Cc2cc3cc(-c4ccc5ccccc5c4)c(-c4ccc5ccccc5c4)cc3cc2C=1. The van der Waals surface area contributed by atoms with Crippen molar-refractivity contribution in [1.29, 1.82) is 0 Å². The van der Waals surface area contributed by atoms with Gasteiger partial charge in [-0.15, -0.1) is 5.73 Å². The van der Waals surface area contributed by atoms with E-state index in [1.807, 2.05) is 0 Å². The van der Waals surface area contributed by atoms with Crippen LogP contribution in [0.4, 0.5) is 0 Å². The lowest BCUT2D eigenvalue weighted by atomic mass is 9.89. The maximum atomic E-state index is 3.25. The zero-order valence-electron chi connectivity index (χ0n) is 18.0. The number of benzene rings is 6. The predicted octanol–water partition coefficient (Wildman–Crippen LogP) is 9.12. The maximum absolute atomic E-state index is 3.25. The summed E-state index contributed by atoms with van der Waals surface area (Å²) in [4.78, 5) is 0. The van der Waals surface area contributed by atoms with Gasteiger partial charge in [0.1, 0.15) is 0 Å². The first-order valence-corrected chi connectivity index (χ1v) is 11.3. The Labute approximate surface area is 192 Å². The van der Waals surface area contributed by atoms with Gasteiger partial charge in [0.25, 0.3) is 0 Å². The highest BCUT2D eigenvalue weighted by atomic mass is 14.2. The van der Waals surface area contributed by atoms with Crippen molar-refractivity contribution in [3.63, 3.8) is 0 Å². The highest BCUT2D eigenvalue weighted by molar-refractivity contribution is 6.01. The summed E-state index contributed by atoms with van der Waals surface area (Å²) in [6.45, 7) is 0. The van der Waals surface area contributed by atoms with E-state index in [2.05, 4.69) is 127 Å². The number of hydrogen-bond acceptors (Lipinski definition) is 0. The molecule has 0 bridgehead atoms. The van der Waals surface area contributed by atoms with Crippen LogP contribution in [-0.2, 0) is 0 Å². The van der Waals surface area contributed by atoms with Gasteiger partial charge in [-0.3, -0.25) is 0 Å². The maximum Gasteiger partial charge on any atom is -0.00942 e. The lowest BCUT2D eigenvalue weighted by Gasteiger charge is -2.15. The Bertz CT molecular complexity index is 1660. The number of fused-ring (bicyclic) bond motifs is 4. The third-order valence-corrected chi connectivity index (χ3v) is 6.78. The van der Waals surface area contributed by atoms with Crippen molar-refractivity contribution in [2.45, 2.75) is 0 Å². The summed E-state index contributed by atoms with van der Waals surface area (Å²) in [6.07, 6.45) is 4.14. The second-order valence-electron chi connectivity index (χ2n) is 8.81. The monoisotopic (exact) mass is 416 g/mol. The molecule has 0 spiro atoms. The van der Waals surface area contributed by atoms with Crippen LogP contribution in [0.25, 0.3) is 66.7 Å². The molecule has 1 aliphatic rings. The Kier molecular flexibility index (Phi) is 3.90. The molecule has 0 fully saturated rings. The van der Waals surface area contributed by atoms with Gasteiger partial charge in [0.2, 0.25) is 0 Å². The largest absolute Gasteiger partial charge is 0.120 e. The van der Waals surface area contributed by atoms with E-state index in [0.717, 1.165) is 0 Å². The van der Waals surface area contributed by atoms with Crippen LogP contribution in [0.5, 0.6) is 0 Å². The Balaban J connectivity index is 1.53. The summed E-state index contributed by atoms with van der Waals surface area (Å²) in [7, 11) is 0. The molecule has 0 N–H and O–H groups in total. The van der Waals surface area contributed by atoms with Crippen molar-refractivity contribution in [3.8, 4) is 22.3 Å². The van der Waals surface area contributed by atoms with Gasteiger partial charge in [0, 0.05) is 0 Å². The fourth-order valence-corrected chi connectivity index (χ4v) is 5.05. The summed E-state index contributed by atoms with van der Waals surface area (Å²) in [5, 5.41) is 7.58. The van der Waals surface area contributed by atoms with Gasteiger partial charge in [-0.2, -0.15) is 0 Å². The fourth-order valence-electron chi connectivity index (χ4n) is 5.05. The van der Waals surface area contributed by atoms with Gasteiger partial charge in [-0.05, 0) is 114 Å². The van der Waals surface area contributed by atoms with Gasteiger partial charge >= 0.3 is 0 Å². The molecule has 6 aromatic carbocycles. The molecule has 0 aromatic heterocycles. The molecule has 6 aromatic rings. The van der Waals surface area contributed by atoms with Crippen molar-refractivity contribution in [1.82, 2.24) is 0 Å². The van der Waals surface area contributed by atoms with Gasteiger partial charge in [-0.25, -0.2) is 0 Å². The molecule has 0 unspecified atom stereocenters. The van der Waals surface area contributed by atoms with Gasteiger partial charge < -0.3 is 0 Å². The third kappa shape index (κ3) is 3.01. The molecule has 1 aliphatic carbocycles. The summed E-state index contributed by atoms with van der Waals surface area (Å²) in [5.74, 6) is 0. The molecule has 0 aliphatic heterocycles. The highest BCUT2D eigenvalue weighted by Gasteiger charge is 2.13. The Morgan fingerprint density at radius 1 is 0.364 bits per heavy atom. The lowest BCUT2D eigenvalue weighted by Crippen LogP contribution is -1.89. The zero-order chi connectivity index (χ0) is 21.8. The summed E-state index contributed by atoms with van der Waals surface area (Å²) >= 11 is 0. The summed E-state index contributed by atoms with van der Waals surface area (Å²) < 4.78 is 0. The van der Waals surface area contributed by atoms with Gasteiger partial charge in [-0.1, -0.05) is 72.8 Å². The van der Waals surface area contributed by atoms with E-state index in [1.165, 1.54) is 65.7 Å². The van der Waals surface area contributed by atoms with Crippen molar-refractivity contribution < 1.29 is 0 Å². The van der Waals surface area contributed by atoms with E-state index in [1.54, 1.807) is 0 Å². The molecule has 0 saturated heterocycles. The smallest absolute Gasteiger partial charge is 0.00942 e. The first kappa shape index (κ1) is 18.2. The normalized spacial score (nSPS) is 12.1. The minimum Gasteiger partial charge on any atom is -0.120 e. The number of hydrogen-bond donors (Lipinski definition) is 0. The molecule has 0 amide bonds. The molecular weight excluding hydrogens is 396 g/mol. The molecule has 152 valence electrons. The van der Waals surface area contributed by atoms with E-state index in [-0.39, 0.29) is 0 Å². The van der Waals surface area contributed by atoms with Crippen molar-refractivity contribution >= 4 is 44.5 Å². The lowest BCUT2D eigenvalue weighted by molar-refractivity contribution is 1.62. The quantitative estimate of drug-likeness (QED) is 0.246. The summed E-state index contributed by atoms with van der Waals surface area (Å²) in [6, 6.07) is 40.0. The average Bonchev–Trinajstić information content (AvgIpc) is 3.33. The molecule has 0 radical (unpaired) electrons. The van der Waals surface area contributed by atoms with E-state index in [9.17, 15) is 0 Å². The van der Waals surface area contributed by atoms with Crippen molar-refractivity contribution in [2.24, 2.45) is 0 Å². The van der Waals surface area contributed by atoms with Crippen molar-refractivity contribution in [2.75, 3.05) is 0 Å². The average molecular weight is 417 g/mol. The van der Waals surface area contributed by atoms with E-state index in [0.29, 0.717) is 0 Å². The Hall–Kier alpha value is -4.38. The van der Waals surface area contributed by atoms with Gasteiger partial charge in [0.15, 0.2) is 0 Å². The van der Waals surface area contributed by atoms with Crippen LogP contribution < -0.4 is 0 Å². The zero-order valence-corrected chi connectivity index (χ0v) is 18.0. The number of rotatable bonds is 2. The van der Waals surface area contributed by atoms with Crippen LogP contribution in [0.1, 0.15) is 11.1 Å². The first-order chi connectivity index (χ1) is 16.3. The topological polar surface area (TPSA) is 0 Å². The summed E-state index contributed by atoms with van der Waals surface area (Å²) in [5.41, 5.74) is 10.7. The van der Waals surface area contributed by atoms with E-state index < -0.39 is 0 Å². The van der Waals surface area contributed by atoms with Crippen molar-refractivity contribution in [3.05, 3.63) is 126 Å². The Morgan fingerprint density at radius 2 is 0.818 bits per heavy atom. The fraction of sp³-hybridized carbons (Fsp3) is 0. The van der Waals surface area contributed by atoms with Crippen LogP contribution in [0, 0.1) is 0 Å². The van der Waals surface area contributed by atoms with Crippen LogP contribution in [0.2, 0.25) is 0 Å². The second kappa shape index (κ2) is 7.07. The molecular formula is C33H20. The van der Waals surface area contributed by atoms with Gasteiger partial charge in [0.05, 0.1) is 0 Å². The van der Waals surface area contributed by atoms with E-state index >= 15 is 0 Å². The Morgan fingerprint density at radius 3 is 1.30 bits per heavy atom. The second-order valence-corrected chi connectivity index (χ2v) is 8.81. The molecule has 0 heterocycles. The molecule has 0 nitrogen and oxygen atoms in total. The minimum atomic E-state index is 1.24. The van der Waals surface area contributed by atoms with Crippen LogP contribution in [0.3, 0.4) is 0 Å². The molecule has 0 heteroatoms. The molecule has 7 rings (SSSR count). The third-order valence-electron chi connectivity index (χ3n) is 6.78. The molecule has 33 heavy (non-hydrogen) atoms.